The van der Waals surface area contributed by atoms with E-state index in [0.29, 0.717) is 6.61 Å². The monoisotopic (exact) mass is 361 g/mol. The van der Waals surface area contributed by atoms with E-state index in [1.165, 1.54) is 18.4 Å². The Hall–Kier alpha value is -2.50. The molecule has 130 valence electrons. The topological polar surface area (TPSA) is 39.9 Å². The first-order chi connectivity index (χ1) is 12.9. The minimum Gasteiger partial charge on any atom is -0.376 e. The van der Waals surface area contributed by atoms with E-state index < -0.39 is 0 Å². The Morgan fingerprint density at radius 2 is 2.08 bits per heavy atom. The molecule has 0 unspecified atom stereocenters. The summed E-state index contributed by atoms with van der Waals surface area (Å²) in [7, 11) is 0. The van der Waals surface area contributed by atoms with Gasteiger partial charge in [0.25, 0.3) is 0 Å². The summed E-state index contributed by atoms with van der Waals surface area (Å²) in [5, 5.41) is 3.04. The van der Waals surface area contributed by atoms with Crippen LogP contribution < -0.4 is 0 Å². The van der Waals surface area contributed by atoms with Crippen molar-refractivity contribution >= 4 is 22.4 Å². The molecule has 1 aliphatic carbocycles. The third-order valence-corrected chi connectivity index (χ3v) is 5.56. The normalized spacial score (nSPS) is 14.2. The number of imidazole rings is 1. The van der Waals surface area contributed by atoms with Gasteiger partial charge in [-0.3, -0.25) is 4.57 Å². The van der Waals surface area contributed by atoms with Crippen molar-refractivity contribution in [3.8, 4) is 16.3 Å². The lowest BCUT2D eigenvalue weighted by molar-refractivity contribution is 0.111. The van der Waals surface area contributed by atoms with Crippen molar-refractivity contribution in [3.63, 3.8) is 0 Å². The molecule has 0 bridgehead atoms. The number of nitrogens with zero attached hydrogens (tertiary/aromatic N) is 3. The highest BCUT2D eigenvalue weighted by Gasteiger charge is 2.21. The van der Waals surface area contributed by atoms with Gasteiger partial charge in [0.05, 0.1) is 17.6 Å². The van der Waals surface area contributed by atoms with E-state index in [4.69, 9.17) is 4.74 Å². The second-order valence-corrected chi connectivity index (χ2v) is 7.68. The molecule has 2 aromatic heterocycles. The Bertz CT molecular complexity index is 1030. The van der Waals surface area contributed by atoms with Crippen molar-refractivity contribution in [2.75, 3.05) is 6.61 Å². The van der Waals surface area contributed by atoms with Gasteiger partial charge in [0.15, 0.2) is 0 Å². The maximum Gasteiger partial charge on any atom is 0.123 e. The van der Waals surface area contributed by atoms with E-state index in [0.717, 1.165) is 39.8 Å². The van der Waals surface area contributed by atoms with E-state index in [2.05, 4.69) is 57.0 Å². The zero-order chi connectivity index (χ0) is 17.3. The lowest BCUT2D eigenvalue weighted by Crippen LogP contribution is -1.97. The molecule has 2 heterocycles. The number of benzene rings is 2. The predicted molar refractivity (Wildman–Crippen MR) is 105 cm³/mol. The van der Waals surface area contributed by atoms with Crippen molar-refractivity contribution in [2.24, 2.45) is 5.92 Å². The zero-order valence-electron chi connectivity index (χ0n) is 14.3. The Balaban J connectivity index is 1.43. The first-order valence-corrected chi connectivity index (χ1v) is 9.79. The van der Waals surface area contributed by atoms with Gasteiger partial charge < -0.3 is 4.74 Å². The number of ether oxygens (including phenoxy) is 1. The Labute approximate surface area is 156 Å². The molecule has 1 saturated carbocycles. The number of hydrogen-bond donors (Lipinski definition) is 0. The number of rotatable bonds is 6. The highest BCUT2D eigenvalue weighted by atomic mass is 32.1. The summed E-state index contributed by atoms with van der Waals surface area (Å²) >= 11 is 1.65. The molecule has 4 nitrogen and oxygen atoms in total. The van der Waals surface area contributed by atoms with Crippen molar-refractivity contribution < 1.29 is 4.74 Å². The average molecular weight is 361 g/mol. The molecule has 2 aromatic carbocycles. The molecule has 0 radical (unpaired) electrons. The molecule has 0 N–H and O–H groups in total. The maximum absolute atomic E-state index is 5.80. The molecule has 5 heteroatoms. The molecule has 0 saturated heterocycles. The summed E-state index contributed by atoms with van der Waals surface area (Å²) in [4.78, 5) is 9.01. The number of hydrogen-bond acceptors (Lipinski definition) is 4. The Kier molecular flexibility index (Phi) is 4.03. The summed E-state index contributed by atoms with van der Waals surface area (Å²) in [5.74, 6) is 0.794. The van der Waals surface area contributed by atoms with Crippen molar-refractivity contribution in [2.45, 2.75) is 19.4 Å². The minimum atomic E-state index is 0.666. The average Bonchev–Trinajstić information content (AvgIpc) is 3.18. The lowest BCUT2D eigenvalue weighted by Gasteiger charge is -2.07. The number of thiazole rings is 1. The standard InChI is InChI=1S/C21H19N3OS/c1-2-17(21-22-8-9-26-21)11-18(3-1)24-14-23-19-10-16(6-7-20(19)24)13-25-12-15-4-5-15/h1-3,6-11,14-15H,4-5,12-13H2. The van der Waals surface area contributed by atoms with Gasteiger partial charge >= 0.3 is 0 Å². The van der Waals surface area contributed by atoms with Crippen molar-refractivity contribution in [1.82, 2.24) is 14.5 Å². The molecular weight excluding hydrogens is 342 g/mol. The van der Waals surface area contributed by atoms with Crippen LogP contribution in [0, 0.1) is 5.92 Å². The molecule has 1 aliphatic rings. The van der Waals surface area contributed by atoms with Crippen LogP contribution in [0.3, 0.4) is 0 Å². The molecule has 1 fully saturated rings. The van der Waals surface area contributed by atoms with Crippen LogP contribution in [0.5, 0.6) is 0 Å². The van der Waals surface area contributed by atoms with E-state index >= 15 is 0 Å². The van der Waals surface area contributed by atoms with Crippen LogP contribution in [0.15, 0.2) is 60.4 Å². The van der Waals surface area contributed by atoms with Crippen molar-refractivity contribution in [1.29, 1.82) is 0 Å². The summed E-state index contributed by atoms with van der Waals surface area (Å²) in [6, 6.07) is 14.8. The van der Waals surface area contributed by atoms with E-state index in [-0.39, 0.29) is 0 Å². The summed E-state index contributed by atoms with van der Waals surface area (Å²) in [6.45, 7) is 1.55. The van der Waals surface area contributed by atoms with Crippen LogP contribution in [0.2, 0.25) is 0 Å². The van der Waals surface area contributed by atoms with E-state index in [1.807, 2.05) is 17.9 Å². The Morgan fingerprint density at radius 1 is 1.12 bits per heavy atom. The molecule has 0 aliphatic heterocycles. The smallest absolute Gasteiger partial charge is 0.123 e. The first kappa shape index (κ1) is 15.7. The van der Waals surface area contributed by atoms with Gasteiger partial charge in [0, 0.05) is 29.4 Å². The quantitative estimate of drug-likeness (QED) is 0.481. The molecule has 26 heavy (non-hydrogen) atoms. The fourth-order valence-electron chi connectivity index (χ4n) is 3.14. The first-order valence-electron chi connectivity index (χ1n) is 8.91. The van der Waals surface area contributed by atoms with Crippen LogP contribution >= 0.6 is 11.3 Å². The van der Waals surface area contributed by atoms with Gasteiger partial charge in [-0.25, -0.2) is 9.97 Å². The van der Waals surface area contributed by atoms with Gasteiger partial charge in [-0.15, -0.1) is 11.3 Å². The summed E-state index contributed by atoms with van der Waals surface area (Å²) < 4.78 is 7.93. The van der Waals surface area contributed by atoms with Crippen LogP contribution in [0.1, 0.15) is 18.4 Å². The zero-order valence-corrected chi connectivity index (χ0v) is 15.2. The summed E-state index contributed by atoms with van der Waals surface area (Å²) in [5.41, 5.74) is 5.51. The van der Waals surface area contributed by atoms with Gasteiger partial charge in [-0.05, 0) is 48.6 Å². The van der Waals surface area contributed by atoms with Crippen LogP contribution in [0.25, 0.3) is 27.3 Å². The SMILES string of the molecule is c1cc(-c2nccs2)cc(-n2cnc3cc(COCC4CC4)ccc32)c1. The third kappa shape index (κ3) is 3.16. The predicted octanol–water partition coefficient (Wildman–Crippen LogP) is 5.08. The van der Waals surface area contributed by atoms with Crippen LogP contribution in [-0.2, 0) is 11.3 Å². The molecule has 0 amide bonds. The maximum atomic E-state index is 5.80. The number of aromatic nitrogens is 3. The largest absolute Gasteiger partial charge is 0.376 e. The third-order valence-electron chi connectivity index (χ3n) is 4.73. The van der Waals surface area contributed by atoms with Gasteiger partial charge in [-0.1, -0.05) is 18.2 Å². The lowest BCUT2D eigenvalue weighted by atomic mass is 10.2. The van der Waals surface area contributed by atoms with Gasteiger partial charge in [0.1, 0.15) is 11.3 Å². The fraction of sp³-hybridized carbons (Fsp3) is 0.238. The van der Waals surface area contributed by atoms with E-state index in [1.54, 1.807) is 11.3 Å². The highest BCUT2D eigenvalue weighted by Crippen LogP contribution is 2.29. The molecular formula is C21H19N3OS. The second kappa shape index (κ2) is 6.67. The van der Waals surface area contributed by atoms with Crippen molar-refractivity contribution in [3.05, 3.63) is 65.9 Å². The van der Waals surface area contributed by atoms with Crippen LogP contribution in [0.4, 0.5) is 0 Å². The van der Waals surface area contributed by atoms with Gasteiger partial charge in [0.2, 0.25) is 0 Å². The van der Waals surface area contributed by atoms with E-state index in [9.17, 15) is 0 Å². The summed E-state index contributed by atoms with van der Waals surface area (Å²) in [6.07, 6.45) is 6.37. The molecule has 0 atom stereocenters. The molecule has 5 rings (SSSR count). The number of fused-ring (bicyclic) bond motifs is 1. The van der Waals surface area contributed by atoms with Gasteiger partial charge in [-0.2, -0.15) is 0 Å². The Morgan fingerprint density at radius 3 is 2.92 bits per heavy atom. The fourth-order valence-corrected chi connectivity index (χ4v) is 3.77. The highest BCUT2D eigenvalue weighted by molar-refractivity contribution is 7.13. The molecule has 4 aromatic rings. The van der Waals surface area contributed by atoms with Crippen LogP contribution in [-0.4, -0.2) is 21.1 Å². The second-order valence-electron chi connectivity index (χ2n) is 6.78. The molecule has 0 spiro atoms. The minimum absolute atomic E-state index is 0.666.